The topological polar surface area (TPSA) is 92.9 Å². The maximum Gasteiger partial charge on any atom is 0.282 e. The van der Waals surface area contributed by atoms with E-state index in [0.29, 0.717) is 50.7 Å². The zero-order valence-corrected chi connectivity index (χ0v) is 24.3. The molecule has 42 heavy (non-hydrogen) atoms. The molecule has 3 aliphatic rings. The summed E-state index contributed by atoms with van der Waals surface area (Å²) >= 11 is 1.36. The number of rotatable bonds is 6. The SMILES string of the molecule is Cn1cc(-c2ccc(-c3ccc(C4=NC5(CCOCC5)C(=O)N4C[C@@H]4CCN(C(=O)c5nccs5)C4)cc3)cc2)cn1. The Morgan fingerprint density at radius 1 is 1.00 bits per heavy atom. The Bertz CT molecular complexity index is 1620. The van der Waals surface area contributed by atoms with Gasteiger partial charge in [-0.3, -0.25) is 24.2 Å². The van der Waals surface area contributed by atoms with Crippen LogP contribution in [0.4, 0.5) is 0 Å². The van der Waals surface area contributed by atoms with Crippen molar-refractivity contribution in [1.29, 1.82) is 0 Å². The van der Waals surface area contributed by atoms with Crippen LogP contribution in [0.15, 0.2) is 77.5 Å². The minimum absolute atomic E-state index is 0.0286. The number of hydrogen-bond acceptors (Lipinski definition) is 7. The normalized spacial score (nSPS) is 20.0. The molecular weight excluding hydrogens is 548 g/mol. The fourth-order valence-electron chi connectivity index (χ4n) is 6.21. The van der Waals surface area contributed by atoms with E-state index in [1.54, 1.807) is 10.9 Å². The number of carbonyl (C=O) groups is 2. The van der Waals surface area contributed by atoms with Crippen LogP contribution >= 0.6 is 11.3 Å². The third-order valence-corrected chi connectivity index (χ3v) is 9.33. The summed E-state index contributed by atoms with van der Waals surface area (Å²) in [5.74, 6) is 0.931. The second-order valence-electron chi connectivity index (χ2n) is 11.3. The van der Waals surface area contributed by atoms with Crippen molar-refractivity contribution in [2.75, 3.05) is 32.8 Å². The van der Waals surface area contributed by atoms with Gasteiger partial charge in [0, 0.05) is 81.6 Å². The van der Waals surface area contributed by atoms with Crippen LogP contribution in [0.5, 0.6) is 0 Å². The van der Waals surface area contributed by atoms with Crippen LogP contribution in [0.25, 0.3) is 22.3 Å². The molecule has 5 heterocycles. The molecular formula is C32H32N6O3S. The summed E-state index contributed by atoms with van der Waals surface area (Å²) in [6.07, 6.45) is 7.56. The number of amidine groups is 1. The van der Waals surface area contributed by atoms with Crippen LogP contribution in [-0.4, -0.2) is 80.6 Å². The lowest BCUT2D eigenvalue weighted by atomic mass is 9.90. The van der Waals surface area contributed by atoms with E-state index in [4.69, 9.17) is 9.73 Å². The molecule has 9 nitrogen and oxygen atoms in total. The average molecular weight is 581 g/mol. The van der Waals surface area contributed by atoms with Gasteiger partial charge in [-0.1, -0.05) is 48.5 Å². The van der Waals surface area contributed by atoms with E-state index in [1.807, 2.05) is 34.6 Å². The van der Waals surface area contributed by atoms with Crippen molar-refractivity contribution in [2.45, 2.75) is 24.8 Å². The Kier molecular flexibility index (Phi) is 6.95. The van der Waals surface area contributed by atoms with Gasteiger partial charge in [0.05, 0.1) is 6.20 Å². The van der Waals surface area contributed by atoms with Crippen LogP contribution < -0.4 is 0 Å². The Hall–Kier alpha value is -4.15. The molecule has 3 aliphatic heterocycles. The molecule has 214 valence electrons. The lowest BCUT2D eigenvalue weighted by Crippen LogP contribution is -2.47. The van der Waals surface area contributed by atoms with E-state index < -0.39 is 5.54 Å². The van der Waals surface area contributed by atoms with Gasteiger partial charge < -0.3 is 9.64 Å². The average Bonchev–Trinajstić information content (AvgIpc) is 3.84. The van der Waals surface area contributed by atoms with E-state index in [2.05, 4.69) is 58.6 Å². The maximum atomic E-state index is 14.0. The molecule has 0 bridgehead atoms. The van der Waals surface area contributed by atoms with E-state index in [1.165, 1.54) is 11.3 Å². The number of ether oxygens (including phenoxy) is 1. The fraction of sp³-hybridized carbons (Fsp3) is 0.344. The molecule has 2 saturated heterocycles. The second kappa shape index (κ2) is 10.9. The lowest BCUT2D eigenvalue weighted by molar-refractivity contribution is -0.134. The third-order valence-electron chi connectivity index (χ3n) is 8.57. The predicted octanol–water partition coefficient (Wildman–Crippen LogP) is 4.51. The number of hydrogen-bond donors (Lipinski definition) is 0. The Labute approximate surface area is 248 Å². The summed E-state index contributed by atoms with van der Waals surface area (Å²) in [5.41, 5.74) is 4.59. The number of amides is 2. The Balaban J connectivity index is 1.11. The number of aryl methyl sites for hydroxylation is 1. The quantitative estimate of drug-likeness (QED) is 0.335. The van der Waals surface area contributed by atoms with Gasteiger partial charge in [0.1, 0.15) is 11.4 Å². The monoisotopic (exact) mass is 580 g/mol. The van der Waals surface area contributed by atoms with Gasteiger partial charge in [0.15, 0.2) is 5.01 Å². The van der Waals surface area contributed by atoms with Crippen molar-refractivity contribution in [3.05, 3.63) is 83.1 Å². The van der Waals surface area contributed by atoms with E-state index in [0.717, 1.165) is 40.1 Å². The van der Waals surface area contributed by atoms with E-state index >= 15 is 0 Å². The number of likely N-dealkylation sites (tertiary alicyclic amines) is 1. The number of aliphatic imine (C=N–C) groups is 1. The van der Waals surface area contributed by atoms with Gasteiger partial charge in [-0.25, -0.2) is 4.98 Å². The molecule has 7 rings (SSSR count). The second-order valence-corrected chi connectivity index (χ2v) is 12.2. The first-order valence-electron chi connectivity index (χ1n) is 14.4. The van der Waals surface area contributed by atoms with Crippen molar-refractivity contribution in [1.82, 2.24) is 24.6 Å². The molecule has 2 fully saturated rings. The van der Waals surface area contributed by atoms with Crippen LogP contribution in [0.1, 0.15) is 34.6 Å². The number of nitrogens with zero attached hydrogens (tertiary/aromatic N) is 6. The minimum Gasteiger partial charge on any atom is -0.381 e. The molecule has 10 heteroatoms. The van der Waals surface area contributed by atoms with Gasteiger partial charge in [-0.2, -0.15) is 5.10 Å². The molecule has 0 radical (unpaired) electrons. The summed E-state index contributed by atoms with van der Waals surface area (Å²) in [4.78, 5) is 39.9. The molecule has 1 spiro atoms. The largest absolute Gasteiger partial charge is 0.381 e. The van der Waals surface area contributed by atoms with Crippen LogP contribution in [0.2, 0.25) is 0 Å². The molecule has 4 aromatic rings. The molecule has 1 atom stereocenters. The van der Waals surface area contributed by atoms with Gasteiger partial charge in [-0.05, 0) is 29.0 Å². The minimum atomic E-state index is -0.761. The number of carbonyl (C=O) groups excluding carboxylic acids is 2. The van der Waals surface area contributed by atoms with Gasteiger partial charge in [0.2, 0.25) is 0 Å². The highest BCUT2D eigenvalue weighted by Crippen LogP contribution is 2.36. The van der Waals surface area contributed by atoms with Gasteiger partial charge in [0.25, 0.3) is 11.8 Å². The summed E-state index contributed by atoms with van der Waals surface area (Å²) < 4.78 is 7.40. The summed E-state index contributed by atoms with van der Waals surface area (Å²) in [6, 6.07) is 16.8. The molecule has 0 saturated carbocycles. The number of thiazole rings is 1. The van der Waals surface area contributed by atoms with Crippen LogP contribution in [0, 0.1) is 5.92 Å². The first kappa shape index (κ1) is 26.7. The van der Waals surface area contributed by atoms with E-state index in [-0.39, 0.29) is 17.7 Å². The van der Waals surface area contributed by atoms with Crippen LogP contribution in [0.3, 0.4) is 0 Å². The van der Waals surface area contributed by atoms with Crippen LogP contribution in [-0.2, 0) is 16.6 Å². The zero-order valence-electron chi connectivity index (χ0n) is 23.5. The number of benzene rings is 2. The van der Waals surface area contributed by atoms with Gasteiger partial charge in [-0.15, -0.1) is 11.3 Å². The highest BCUT2D eigenvalue weighted by atomic mass is 32.1. The highest BCUT2D eigenvalue weighted by molar-refractivity contribution is 7.11. The summed E-state index contributed by atoms with van der Waals surface area (Å²) in [7, 11) is 1.92. The van der Waals surface area contributed by atoms with Crippen molar-refractivity contribution >= 4 is 29.0 Å². The third kappa shape index (κ3) is 4.94. The first-order valence-corrected chi connectivity index (χ1v) is 15.3. The molecule has 0 unspecified atom stereocenters. The fourth-order valence-corrected chi connectivity index (χ4v) is 6.81. The van der Waals surface area contributed by atoms with Crippen molar-refractivity contribution in [3.63, 3.8) is 0 Å². The van der Waals surface area contributed by atoms with Crippen molar-refractivity contribution < 1.29 is 14.3 Å². The Morgan fingerprint density at radius 3 is 2.29 bits per heavy atom. The first-order chi connectivity index (χ1) is 20.5. The highest BCUT2D eigenvalue weighted by Gasteiger charge is 2.50. The zero-order chi connectivity index (χ0) is 28.7. The van der Waals surface area contributed by atoms with Crippen molar-refractivity contribution in [2.24, 2.45) is 18.0 Å². The lowest BCUT2D eigenvalue weighted by Gasteiger charge is -2.30. The molecule has 2 amide bonds. The molecule has 0 aliphatic carbocycles. The summed E-state index contributed by atoms with van der Waals surface area (Å²) in [5, 5.41) is 6.61. The summed E-state index contributed by atoms with van der Waals surface area (Å²) in [6.45, 7) is 2.89. The molecule has 2 aromatic carbocycles. The molecule has 2 aromatic heterocycles. The smallest absolute Gasteiger partial charge is 0.282 e. The van der Waals surface area contributed by atoms with E-state index in [9.17, 15) is 9.59 Å². The predicted molar refractivity (Wildman–Crippen MR) is 161 cm³/mol. The van der Waals surface area contributed by atoms with Crippen molar-refractivity contribution in [3.8, 4) is 22.3 Å². The molecule has 0 N–H and O–H groups in total. The van der Waals surface area contributed by atoms with Gasteiger partial charge >= 0.3 is 0 Å². The Morgan fingerprint density at radius 2 is 1.67 bits per heavy atom. The standard InChI is InChI=1S/C32H32N6O3S/c1-36-21-27(18-34-36)25-4-2-23(3-5-25)24-6-8-26(9-7-24)28-35-32(11-15-41-16-12-32)31(40)38(28)20-22-10-14-37(19-22)30(39)29-33-13-17-42-29/h2-9,13,17-18,21-22H,10-12,14-16,19-20H2,1H3/t22-/m1/s1. The maximum absolute atomic E-state index is 14.0. The number of aromatic nitrogens is 3.